The van der Waals surface area contributed by atoms with Gasteiger partial charge >= 0.3 is 0 Å². The second-order valence-corrected chi connectivity index (χ2v) is 5.58. The minimum Gasteiger partial charge on any atom is -0.496 e. The van der Waals surface area contributed by atoms with E-state index in [-0.39, 0.29) is 24.4 Å². The lowest BCUT2D eigenvalue weighted by Gasteiger charge is -2.26. The molecule has 6 heteroatoms. The summed E-state index contributed by atoms with van der Waals surface area (Å²) in [5, 5.41) is 2.92. The number of halogens is 2. The van der Waals surface area contributed by atoms with Crippen LogP contribution >= 0.6 is 28.3 Å². The zero-order valence-corrected chi connectivity index (χ0v) is 14.1. The number of carbonyl (C=O) groups excluding carboxylic acids is 1. The zero-order chi connectivity index (χ0) is 13.8. The number of nitrogens with one attached hydrogen (secondary N) is 1. The molecule has 0 bridgehead atoms. The molecule has 0 spiro atoms. The van der Waals surface area contributed by atoms with Gasteiger partial charge in [0.2, 0.25) is 5.91 Å². The number of hydrogen-bond donors (Lipinski definition) is 1. The Morgan fingerprint density at radius 3 is 2.95 bits per heavy atom. The van der Waals surface area contributed by atoms with Crippen molar-refractivity contribution < 1.29 is 9.53 Å². The van der Waals surface area contributed by atoms with E-state index >= 15 is 0 Å². The molecule has 1 amide bonds. The quantitative estimate of drug-likeness (QED) is 0.894. The minimum atomic E-state index is 0. The van der Waals surface area contributed by atoms with Gasteiger partial charge in [-0.1, -0.05) is 15.9 Å². The average Bonchev–Trinajstić information content (AvgIpc) is 2.88. The van der Waals surface area contributed by atoms with Gasteiger partial charge in [0.05, 0.1) is 19.7 Å². The van der Waals surface area contributed by atoms with E-state index in [0.29, 0.717) is 6.54 Å². The first-order valence-electron chi connectivity index (χ1n) is 6.45. The van der Waals surface area contributed by atoms with Crippen LogP contribution in [0, 0.1) is 0 Å². The number of benzene rings is 1. The van der Waals surface area contributed by atoms with Crippen LogP contribution in [0.15, 0.2) is 22.7 Å². The average molecular weight is 364 g/mol. The molecule has 1 unspecified atom stereocenters. The maximum atomic E-state index is 12.1. The van der Waals surface area contributed by atoms with Crippen molar-refractivity contribution in [3.8, 4) is 5.75 Å². The molecule has 0 aliphatic carbocycles. The number of rotatable bonds is 4. The summed E-state index contributed by atoms with van der Waals surface area (Å²) < 4.78 is 6.44. The van der Waals surface area contributed by atoms with Crippen LogP contribution in [0.5, 0.6) is 5.75 Å². The van der Waals surface area contributed by atoms with E-state index in [9.17, 15) is 4.79 Å². The Hall–Kier alpha value is -0.780. The molecule has 1 N–H and O–H groups in total. The number of carbonyl (C=O) groups is 1. The molecule has 1 aromatic rings. The molecule has 1 saturated heterocycles. The van der Waals surface area contributed by atoms with E-state index in [4.69, 9.17) is 4.74 Å². The molecule has 1 fully saturated rings. The molecule has 1 heterocycles. The summed E-state index contributed by atoms with van der Waals surface area (Å²) in [4.78, 5) is 14.1. The summed E-state index contributed by atoms with van der Waals surface area (Å²) in [6.45, 7) is 1.20. The Bertz CT molecular complexity index is 470. The SMILES string of the molecule is CNCC(=O)N1CCCC1c1cc(Br)ccc1OC.Cl. The number of ether oxygens (including phenoxy) is 1. The number of hydrogen-bond acceptors (Lipinski definition) is 3. The Morgan fingerprint density at radius 1 is 1.55 bits per heavy atom. The van der Waals surface area contributed by atoms with Gasteiger partial charge in [0.1, 0.15) is 5.75 Å². The largest absolute Gasteiger partial charge is 0.496 e. The summed E-state index contributed by atoms with van der Waals surface area (Å²) in [6.07, 6.45) is 2.03. The van der Waals surface area contributed by atoms with Crippen LogP contribution in [-0.2, 0) is 4.79 Å². The summed E-state index contributed by atoms with van der Waals surface area (Å²) in [5.74, 6) is 0.990. The number of methoxy groups -OCH3 is 1. The standard InChI is InChI=1S/C14H19BrN2O2.ClH/c1-16-9-14(18)17-7-3-4-12(17)11-8-10(15)5-6-13(11)19-2;/h5-6,8,12,16H,3-4,7,9H2,1-2H3;1H. The molecule has 0 aromatic heterocycles. The molecule has 1 atom stereocenters. The number of nitrogens with zero attached hydrogens (tertiary/aromatic N) is 1. The van der Waals surface area contributed by atoms with Gasteiger partial charge in [0.25, 0.3) is 0 Å². The van der Waals surface area contributed by atoms with Crippen LogP contribution in [0.2, 0.25) is 0 Å². The van der Waals surface area contributed by atoms with Gasteiger partial charge < -0.3 is 15.0 Å². The van der Waals surface area contributed by atoms with E-state index in [2.05, 4.69) is 27.3 Å². The fourth-order valence-corrected chi connectivity index (χ4v) is 2.99. The monoisotopic (exact) mass is 362 g/mol. The molecule has 1 aromatic carbocycles. The molecule has 1 aliphatic heterocycles. The molecule has 0 radical (unpaired) electrons. The highest BCUT2D eigenvalue weighted by molar-refractivity contribution is 9.10. The number of likely N-dealkylation sites (tertiary alicyclic amines) is 1. The first-order chi connectivity index (χ1) is 9.17. The summed E-state index contributed by atoms with van der Waals surface area (Å²) in [6, 6.07) is 6.07. The van der Waals surface area contributed by atoms with E-state index in [1.165, 1.54) is 0 Å². The second kappa shape index (κ2) is 7.86. The highest BCUT2D eigenvalue weighted by atomic mass is 79.9. The van der Waals surface area contributed by atoms with Crippen molar-refractivity contribution in [2.75, 3.05) is 27.2 Å². The van der Waals surface area contributed by atoms with Crippen molar-refractivity contribution in [2.45, 2.75) is 18.9 Å². The van der Waals surface area contributed by atoms with Crippen LogP contribution in [0.25, 0.3) is 0 Å². The Balaban J connectivity index is 0.00000200. The predicted molar refractivity (Wildman–Crippen MR) is 85.6 cm³/mol. The van der Waals surface area contributed by atoms with E-state index in [0.717, 1.165) is 35.2 Å². The van der Waals surface area contributed by atoms with Gasteiger partial charge in [0.15, 0.2) is 0 Å². The van der Waals surface area contributed by atoms with Gasteiger partial charge in [-0.2, -0.15) is 0 Å². The van der Waals surface area contributed by atoms with Crippen LogP contribution in [-0.4, -0.2) is 38.1 Å². The van der Waals surface area contributed by atoms with Crippen LogP contribution in [0.1, 0.15) is 24.4 Å². The lowest BCUT2D eigenvalue weighted by atomic mass is 10.0. The van der Waals surface area contributed by atoms with Crippen molar-refractivity contribution in [2.24, 2.45) is 0 Å². The highest BCUT2D eigenvalue weighted by Crippen LogP contribution is 2.38. The van der Waals surface area contributed by atoms with Crippen molar-refractivity contribution >= 4 is 34.2 Å². The third-order valence-electron chi connectivity index (χ3n) is 3.45. The normalized spacial score (nSPS) is 17.8. The molecule has 4 nitrogen and oxygen atoms in total. The molecule has 2 rings (SSSR count). The first kappa shape index (κ1) is 17.3. The van der Waals surface area contributed by atoms with Crippen LogP contribution < -0.4 is 10.1 Å². The molecule has 20 heavy (non-hydrogen) atoms. The molecule has 1 aliphatic rings. The van der Waals surface area contributed by atoms with Gasteiger partial charge in [0, 0.05) is 16.6 Å². The van der Waals surface area contributed by atoms with E-state index in [1.807, 2.05) is 17.0 Å². The smallest absolute Gasteiger partial charge is 0.237 e. The Morgan fingerprint density at radius 2 is 2.30 bits per heavy atom. The third kappa shape index (κ3) is 3.65. The number of likely N-dealkylation sites (N-methyl/N-ethyl adjacent to an activating group) is 1. The van der Waals surface area contributed by atoms with Crippen molar-refractivity contribution in [1.82, 2.24) is 10.2 Å². The molecule has 0 saturated carbocycles. The maximum absolute atomic E-state index is 12.1. The number of amides is 1. The van der Waals surface area contributed by atoms with Crippen molar-refractivity contribution in [3.05, 3.63) is 28.2 Å². The Labute approximate surface area is 134 Å². The van der Waals surface area contributed by atoms with Gasteiger partial charge in [-0.05, 0) is 38.1 Å². The highest BCUT2D eigenvalue weighted by Gasteiger charge is 2.31. The lowest BCUT2D eigenvalue weighted by molar-refractivity contribution is -0.131. The first-order valence-corrected chi connectivity index (χ1v) is 7.24. The summed E-state index contributed by atoms with van der Waals surface area (Å²) in [5.41, 5.74) is 1.08. The second-order valence-electron chi connectivity index (χ2n) is 4.66. The van der Waals surface area contributed by atoms with Gasteiger partial charge in [-0.25, -0.2) is 0 Å². The lowest BCUT2D eigenvalue weighted by Crippen LogP contribution is -2.36. The fourth-order valence-electron chi connectivity index (χ4n) is 2.61. The molecular weight excluding hydrogens is 344 g/mol. The zero-order valence-electron chi connectivity index (χ0n) is 11.7. The Kier molecular flexibility index (Phi) is 6.79. The van der Waals surface area contributed by atoms with E-state index in [1.54, 1.807) is 14.2 Å². The predicted octanol–water partition coefficient (Wildman–Crippen LogP) is 2.76. The molecule has 112 valence electrons. The van der Waals surface area contributed by atoms with Crippen LogP contribution in [0.4, 0.5) is 0 Å². The summed E-state index contributed by atoms with van der Waals surface area (Å²) in [7, 11) is 3.46. The van der Waals surface area contributed by atoms with Gasteiger partial charge in [-0.3, -0.25) is 4.79 Å². The van der Waals surface area contributed by atoms with Crippen molar-refractivity contribution in [1.29, 1.82) is 0 Å². The fraction of sp³-hybridized carbons (Fsp3) is 0.500. The molecular formula is C14H20BrClN2O2. The summed E-state index contributed by atoms with van der Waals surface area (Å²) >= 11 is 3.49. The van der Waals surface area contributed by atoms with Crippen LogP contribution in [0.3, 0.4) is 0 Å². The minimum absolute atomic E-state index is 0. The topological polar surface area (TPSA) is 41.6 Å². The van der Waals surface area contributed by atoms with Gasteiger partial charge in [-0.15, -0.1) is 12.4 Å². The van der Waals surface area contributed by atoms with E-state index < -0.39 is 0 Å². The third-order valence-corrected chi connectivity index (χ3v) is 3.95. The van der Waals surface area contributed by atoms with Crippen molar-refractivity contribution in [3.63, 3.8) is 0 Å². The maximum Gasteiger partial charge on any atom is 0.237 e.